The SMILES string of the molecule is [C-]#[N+]c1cccnc1N1CCN(S(=O)(=O)c2ccc(C(=O)O)o2)CC1. The molecule has 10 heteroatoms. The average molecular weight is 362 g/mol. The minimum absolute atomic E-state index is 0.180. The fourth-order valence-corrected chi connectivity index (χ4v) is 3.89. The Labute approximate surface area is 144 Å². The highest BCUT2D eigenvalue weighted by Gasteiger charge is 2.32. The number of furan rings is 1. The standard InChI is InChI=1S/C15H14N4O5S/c1-16-11-3-2-6-17-14(11)18-7-9-19(10-8-18)25(22,23)13-5-4-12(24-13)15(20)21/h2-6H,7-10H2,(H,20,21). The van der Waals surface area contributed by atoms with Gasteiger partial charge in [0.05, 0.1) is 6.57 Å². The van der Waals surface area contributed by atoms with Crippen LogP contribution in [0.15, 0.2) is 40.0 Å². The van der Waals surface area contributed by atoms with E-state index in [-0.39, 0.29) is 13.1 Å². The molecule has 2 aromatic rings. The molecule has 1 aliphatic rings. The quantitative estimate of drug-likeness (QED) is 0.820. The second-order valence-corrected chi connectivity index (χ2v) is 7.14. The van der Waals surface area contributed by atoms with Gasteiger partial charge in [-0.25, -0.2) is 18.1 Å². The first-order chi connectivity index (χ1) is 11.9. The van der Waals surface area contributed by atoms with E-state index in [1.807, 2.05) is 4.90 Å². The van der Waals surface area contributed by atoms with Crippen molar-refractivity contribution in [1.82, 2.24) is 9.29 Å². The number of hydrogen-bond acceptors (Lipinski definition) is 6. The van der Waals surface area contributed by atoms with Gasteiger partial charge in [0.25, 0.3) is 10.0 Å². The maximum absolute atomic E-state index is 12.5. The van der Waals surface area contributed by atoms with Gasteiger partial charge in [-0.05, 0) is 12.1 Å². The van der Waals surface area contributed by atoms with Gasteiger partial charge >= 0.3 is 5.97 Å². The first-order valence-corrected chi connectivity index (χ1v) is 8.78. The van der Waals surface area contributed by atoms with Crippen LogP contribution in [-0.4, -0.2) is 55.0 Å². The number of aromatic carboxylic acids is 1. The molecule has 0 atom stereocenters. The minimum Gasteiger partial charge on any atom is -0.475 e. The van der Waals surface area contributed by atoms with E-state index in [0.29, 0.717) is 24.6 Å². The number of anilines is 1. The summed E-state index contributed by atoms with van der Waals surface area (Å²) in [6.45, 7) is 8.28. The number of pyridine rings is 1. The number of sulfonamides is 1. The van der Waals surface area contributed by atoms with E-state index in [9.17, 15) is 13.2 Å². The zero-order chi connectivity index (χ0) is 18.0. The Kier molecular flexibility index (Phi) is 4.43. The molecule has 0 radical (unpaired) electrons. The Morgan fingerprint density at radius 1 is 1.24 bits per heavy atom. The smallest absolute Gasteiger partial charge is 0.371 e. The van der Waals surface area contributed by atoms with E-state index in [4.69, 9.17) is 16.1 Å². The second-order valence-electron chi connectivity index (χ2n) is 5.27. The first kappa shape index (κ1) is 16.9. The maximum Gasteiger partial charge on any atom is 0.371 e. The monoisotopic (exact) mass is 362 g/mol. The molecule has 130 valence electrons. The van der Waals surface area contributed by atoms with Crippen LogP contribution in [0, 0.1) is 6.57 Å². The Morgan fingerprint density at radius 2 is 1.96 bits per heavy atom. The number of aromatic nitrogens is 1. The third-order valence-electron chi connectivity index (χ3n) is 3.81. The lowest BCUT2D eigenvalue weighted by Gasteiger charge is -2.34. The van der Waals surface area contributed by atoms with Crippen LogP contribution in [0.3, 0.4) is 0 Å². The normalized spacial score (nSPS) is 15.7. The van der Waals surface area contributed by atoms with Crippen molar-refractivity contribution in [2.75, 3.05) is 31.1 Å². The van der Waals surface area contributed by atoms with Crippen LogP contribution < -0.4 is 4.90 Å². The molecule has 3 rings (SSSR count). The fraction of sp³-hybridized carbons (Fsp3) is 0.267. The molecule has 1 fully saturated rings. The lowest BCUT2D eigenvalue weighted by atomic mass is 10.3. The highest BCUT2D eigenvalue weighted by atomic mass is 32.2. The van der Waals surface area contributed by atoms with E-state index in [1.54, 1.807) is 18.3 Å². The van der Waals surface area contributed by atoms with E-state index in [0.717, 1.165) is 12.1 Å². The van der Waals surface area contributed by atoms with Crippen LogP contribution in [0.4, 0.5) is 11.5 Å². The van der Waals surface area contributed by atoms with Gasteiger partial charge in [0.15, 0.2) is 0 Å². The van der Waals surface area contributed by atoms with Gasteiger partial charge in [-0.2, -0.15) is 4.31 Å². The summed E-state index contributed by atoms with van der Waals surface area (Å²) in [7, 11) is -3.90. The van der Waals surface area contributed by atoms with Crippen molar-refractivity contribution in [3.05, 3.63) is 47.6 Å². The summed E-state index contributed by atoms with van der Waals surface area (Å²) < 4.78 is 31.2. The van der Waals surface area contributed by atoms with Crippen molar-refractivity contribution < 1.29 is 22.7 Å². The van der Waals surface area contributed by atoms with Crippen molar-refractivity contribution in [3.63, 3.8) is 0 Å². The zero-order valence-corrected chi connectivity index (χ0v) is 13.8. The summed E-state index contributed by atoms with van der Waals surface area (Å²) in [5.41, 5.74) is 0.413. The van der Waals surface area contributed by atoms with Gasteiger partial charge in [-0.15, -0.1) is 0 Å². The fourth-order valence-electron chi connectivity index (χ4n) is 2.56. The molecule has 25 heavy (non-hydrogen) atoms. The highest BCUT2D eigenvalue weighted by molar-refractivity contribution is 7.89. The third-order valence-corrected chi connectivity index (χ3v) is 5.58. The predicted molar refractivity (Wildman–Crippen MR) is 87.1 cm³/mol. The topological polar surface area (TPSA) is 108 Å². The molecule has 2 aromatic heterocycles. The van der Waals surface area contributed by atoms with Gasteiger partial charge in [0.1, 0.15) is 5.82 Å². The van der Waals surface area contributed by atoms with E-state index >= 15 is 0 Å². The second kappa shape index (κ2) is 6.54. The molecule has 0 aliphatic carbocycles. The summed E-state index contributed by atoms with van der Waals surface area (Å²) in [4.78, 5) is 20.3. The largest absolute Gasteiger partial charge is 0.475 e. The minimum atomic E-state index is -3.90. The van der Waals surface area contributed by atoms with E-state index < -0.39 is 26.8 Å². The van der Waals surface area contributed by atoms with Crippen molar-refractivity contribution in [2.24, 2.45) is 0 Å². The van der Waals surface area contributed by atoms with Crippen LogP contribution >= 0.6 is 0 Å². The van der Waals surface area contributed by atoms with Gasteiger partial charge in [0.2, 0.25) is 16.5 Å². The lowest BCUT2D eigenvalue weighted by Crippen LogP contribution is -2.48. The van der Waals surface area contributed by atoms with Crippen molar-refractivity contribution in [3.8, 4) is 0 Å². The summed E-state index contributed by atoms with van der Waals surface area (Å²) in [6.07, 6.45) is 1.59. The maximum atomic E-state index is 12.5. The summed E-state index contributed by atoms with van der Waals surface area (Å²) >= 11 is 0. The molecule has 1 N–H and O–H groups in total. The Balaban J connectivity index is 1.75. The predicted octanol–water partition coefficient (Wildman–Crippen LogP) is 1.43. The Bertz CT molecular complexity index is 939. The number of nitrogens with zero attached hydrogens (tertiary/aromatic N) is 4. The molecule has 1 saturated heterocycles. The van der Waals surface area contributed by atoms with Gasteiger partial charge < -0.3 is 14.4 Å². The van der Waals surface area contributed by atoms with Crippen molar-refractivity contribution in [1.29, 1.82) is 0 Å². The number of rotatable bonds is 4. The summed E-state index contributed by atoms with van der Waals surface area (Å²) in [6, 6.07) is 5.59. The molecule has 1 aliphatic heterocycles. The summed E-state index contributed by atoms with van der Waals surface area (Å²) in [5.74, 6) is -1.22. The van der Waals surface area contributed by atoms with Crippen molar-refractivity contribution >= 4 is 27.5 Å². The molecule has 0 amide bonds. The van der Waals surface area contributed by atoms with Gasteiger partial charge in [-0.3, -0.25) is 4.98 Å². The van der Waals surface area contributed by atoms with E-state index in [1.165, 1.54) is 4.31 Å². The first-order valence-electron chi connectivity index (χ1n) is 7.34. The van der Waals surface area contributed by atoms with Gasteiger partial charge in [0, 0.05) is 32.4 Å². The number of carbonyl (C=O) groups is 1. The molecule has 0 bridgehead atoms. The molecular weight excluding hydrogens is 348 g/mol. The number of carboxylic acids is 1. The molecule has 0 aromatic carbocycles. The van der Waals surface area contributed by atoms with Crippen LogP contribution in [0.1, 0.15) is 10.6 Å². The lowest BCUT2D eigenvalue weighted by molar-refractivity contribution is 0.0656. The Hall–Kier alpha value is -2.90. The number of carboxylic acid groups (broad SMARTS) is 1. The number of hydrogen-bond donors (Lipinski definition) is 1. The van der Waals surface area contributed by atoms with Gasteiger partial charge in [-0.1, -0.05) is 12.1 Å². The average Bonchev–Trinajstić information content (AvgIpc) is 3.13. The van der Waals surface area contributed by atoms with Crippen LogP contribution in [0.5, 0.6) is 0 Å². The zero-order valence-electron chi connectivity index (χ0n) is 13.0. The number of piperazine rings is 1. The molecule has 0 unspecified atom stereocenters. The van der Waals surface area contributed by atoms with Crippen LogP contribution in [-0.2, 0) is 10.0 Å². The molecular formula is C15H14N4O5S. The van der Waals surface area contributed by atoms with Crippen LogP contribution in [0.2, 0.25) is 0 Å². The van der Waals surface area contributed by atoms with Crippen molar-refractivity contribution in [2.45, 2.75) is 5.09 Å². The summed E-state index contributed by atoms with van der Waals surface area (Å²) in [5, 5.41) is 8.45. The van der Waals surface area contributed by atoms with Crippen LogP contribution in [0.25, 0.3) is 4.85 Å². The molecule has 3 heterocycles. The molecule has 9 nitrogen and oxygen atoms in total. The molecule has 0 spiro atoms. The highest BCUT2D eigenvalue weighted by Crippen LogP contribution is 2.27. The third kappa shape index (κ3) is 3.19. The Morgan fingerprint density at radius 3 is 2.56 bits per heavy atom. The molecule has 0 saturated carbocycles. The van der Waals surface area contributed by atoms with E-state index in [2.05, 4.69) is 9.83 Å².